The maximum Gasteiger partial charge on any atom is 0.267 e. The normalized spacial score (nSPS) is 10.7. The molecule has 0 saturated heterocycles. The van der Waals surface area contributed by atoms with E-state index in [9.17, 15) is 9.18 Å². The highest BCUT2D eigenvalue weighted by Crippen LogP contribution is 2.34. The van der Waals surface area contributed by atoms with Crippen LogP contribution in [0.1, 0.15) is 21.1 Å². The summed E-state index contributed by atoms with van der Waals surface area (Å²) >= 11 is 14.1. The Hall–Kier alpha value is -1.81. The highest BCUT2D eigenvalue weighted by atomic mass is 35.5. The predicted molar refractivity (Wildman–Crippen MR) is 99.3 cm³/mol. The molecule has 2 N–H and O–H groups in total. The van der Waals surface area contributed by atoms with Crippen LogP contribution >= 0.6 is 45.9 Å². The summed E-state index contributed by atoms with van der Waals surface area (Å²) in [6.45, 7) is 1.01. The van der Waals surface area contributed by atoms with E-state index in [1.54, 1.807) is 18.4 Å². The zero-order valence-corrected chi connectivity index (χ0v) is 15.8. The van der Waals surface area contributed by atoms with Crippen LogP contribution in [0, 0.1) is 6.92 Å². The number of alkyl halides is 1. The molecule has 0 unspecified atom stereocenters. The van der Waals surface area contributed by atoms with Gasteiger partial charge in [0, 0.05) is 17.0 Å². The first-order valence-corrected chi connectivity index (χ1v) is 9.28. The molecule has 0 aliphatic rings. The van der Waals surface area contributed by atoms with Gasteiger partial charge in [0.25, 0.3) is 5.91 Å². The Morgan fingerprint density at radius 3 is 2.88 bits per heavy atom. The first-order chi connectivity index (χ1) is 12.0. The molecule has 6 nitrogen and oxygen atoms in total. The maximum atomic E-state index is 12.9. The molecule has 0 spiro atoms. The van der Waals surface area contributed by atoms with E-state index in [1.165, 1.54) is 6.20 Å². The number of carbonyl (C=O) groups excluding carboxylic acids is 1. The van der Waals surface area contributed by atoms with E-state index in [-0.39, 0.29) is 0 Å². The molecule has 0 aliphatic carbocycles. The third kappa shape index (κ3) is 4.24. The van der Waals surface area contributed by atoms with Crippen LogP contribution < -0.4 is 10.6 Å². The van der Waals surface area contributed by atoms with Gasteiger partial charge >= 0.3 is 0 Å². The molecule has 3 rings (SSSR count). The number of thiazole rings is 1. The Balaban J connectivity index is 1.74. The van der Waals surface area contributed by atoms with Gasteiger partial charge < -0.3 is 10.6 Å². The molecule has 0 aromatic carbocycles. The summed E-state index contributed by atoms with van der Waals surface area (Å²) in [7, 11) is 0. The standard InChI is InChI=1S/C14H10Cl2FN5OS2/c1-6-19-9(15)2-10(20-6)21-14-18-4-8(25-14)13(23)22-11-7(3-17)5-24-12(11)16/h2,4-5H,3H2,1H3,(H,22,23)(H,18,19,20,21). The predicted octanol–water partition coefficient (Wildman–Crippen LogP) is 5.08. The Labute approximate surface area is 160 Å². The average Bonchev–Trinajstić information content (AvgIpc) is 3.14. The van der Waals surface area contributed by atoms with E-state index in [0.717, 1.165) is 22.7 Å². The largest absolute Gasteiger partial charge is 0.319 e. The number of halogens is 3. The lowest BCUT2D eigenvalue weighted by Gasteiger charge is -2.04. The minimum atomic E-state index is -0.706. The fraction of sp³-hybridized carbons (Fsp3) is 0.143. The number of rotatable bonds is 5. The van der Waals surface area contributed by atoms with E-state index in [0.29, 0.717) is 42.4 Å². The van der Waals surface area contributed by atoms with Gasteiger partial charge in [0.15, 0.2) is 5.13 Å². The lowest BCUT2D eigenvalue weighted by molar-refractivity contribution is 0.103. The summed E-state index contributed by atoms with van der Waals surface area (Å²) in [6, 6.07) is 1.55. The van der Waals surface area contributed by atoms with E-state index in [2.05, 4.69) is 25.6 Å². The van der Waals surface area contributed by atoms with Gasteiger partial charge in [-0.3, -0.25) is 4.79 Å². The molecule has 3 heterocycles. The lowest BCUT2D eigenvalue weighted by Crippen LogP contribution is -2.11. The number of thiophene rings is 1. The molecule has 0 bridgehead atoms. The number of amides is 1. The second kappa shape index (κ2) is 7.61. The summed E-state index contributed by atoms with van der Waals surface area (Å²) in [5, 5.41) is 7.91. The van der Waals surface area contributed by atoms with Crippen molar-refractivity contribution in [3.05, 3.63) is 43.4 Å². The number of hydrogen-bond acceptors (Lipinski definition) is 7. The van der Waals surface area contributed by atoms with E-state index >= 15 is 0 Å². The molecular weight excluding hydrogens is 408 g/mol. The number of hydrogen-bond donors (Lipinski definition) is 2. The van der Waals surface area contributed by atoms with Gasteiger partial charge in [0.2, 0.25) is 0 Å². The minimum absolute atomic E-state index is 0.292. The van der Waals surface area contributed by atoms with Crippen molar-refractivity contribution in [1.29, 1.82) is 0 Å². The van der Waals surface area contributed by atoms with Crippen molar-refractivity contribution in [2.24, 2.45) is 0 Å². The minimum Gasteiger partial charge on any atom is -0.319 e. The maximum absolute atomic E-state index is 12.9. The number of carbonyl (C=O) groups is 1. The molecule has 11 heteroatoms. The molecule has 0 saturated carbocycles. The van der Waals surface area contributed by atoms with Crippen LogP contribution in [0.3, 0.4) is 0 Å². The summed E-state index contributed by atoms with van der Waals surface area (Å²) in [6.07, 6.45) is 1.41. The van der Waals surface area contributed by atoms with Gasteiger partial charge in [-0.2, -0.15) is 0 Å². The Kier molecular flexibility index (Phi) is 5.48. The molecule has 0 fully saturated rings. The van der Waals surface area contributed by atoms with E-state index < -0.39 is 12.6 Å². The second-order valence-corrected chi connectivity index (χ2v) is 7.67. The van der Waals surface area contributed by atoms with E-state index in [4.69, 9.17) is 23.2 Å². The van der Waals surface area contributed by atoms with Crippen molar-refractivity contribution in [2.45, 2.75) is 13.6 Å². The fourth-order valence-electron chi connectivity index (χ4n) is 1.91. The van der Waals surface area contributed by atoms with Crippen LogP contribution in [0.15, 0.2) is 17.6 Å². The van der Waals surface area contributed by atoms with Gasteiger partial charge in [0.05, 0.1) is 11.9 Å². The molecule has 3 aromatic rings. The average molecular weight is 418 g/mol. The van der Waals surface area contributed by atoms with Crippen LogP contribution in [0.25, 0.3) is 0 Å². The van der Waals surface area contributed by atoms with Crippen molar-refractivity contribution in [2.75, 3.05) is 10.6 Å². The monoisotopic (exact) mass is 417 g/mol. The van der Waals surface area contributed by atoms with Gasteiger partial charge in [-0.05, 0) is 6.92 Å². The summed E-state index contributed by atoms with van der Waals surface area (Å²) in [5.74, 6) is 0.562. The van der Waals surface area contributed by atoms with Crippen molar-refractivity contribution in [3.8, 4) is 0 Å². The lowest BCUT2D eigenvalue weighted by atomic mass is 10.3. The molecule has 25 heavy (non-hydrogen) atoms. The van der Waals surface area contributed by atoms with E-state index in [1.807, 2.05) is 0 Å². The van der Waals surface area contributed by atoms with Gasteiger partial charge in [0.1, 0.15) is 32.7 Å². The SMILES string of the molecule is Cc1nc(Cl)cc(Nc2ncc(C(=O)Nc3c(CF)csc3Cl)s2)n1. The highest BCUT2D eigenvalue weighted by Gasteiger charge is 2.17. The molecule has 3 aromatic heterocycles. The first-order valence-electron chi connectivity index (χ1n) is 6.83. The smallest absolute Gasteiger partial charge is 0.267 e. The van der Waals surface area contributed by atoms with Gasteiger partial charge in [-0.25, -0.2) is 19.3 Å². The molecule has 0 radical (unpaired) electrons. The van der Waals surface area contributed by atoms with Crippen LogP contribution in [0.5, 0.6) is 0 Å². The van der Waals surface area contributed by atoms with Gasteiger partial charge in [-0.15, -0.1) is 11.3 Å². The van der Waals surface area contributed by atoms with Crippen LogP contribution in [0.4, 0.5) is 21.0 Å². The van der Waals surface area contributed by atoms with Crippen LogP contribution in [-0.2, 0) is 6.67 Å². The van der Waals surface area contributed by atoms with Crippen molar-refractivity contribution in [3.63, 3.8) is 0 Å². The van der Waals surface area contributed by atoms with Crippen molar-refractivity contribution < 1.29 is 9.18 Å². The van der Waals surface area contributed by atoms with Crippen LogP contribution in [-0.4, -0.2) is 20.9 Å². The topological polar surface area (TPSA) is 79.8 Å². The third-order valence-electron chi connectivity index (χ3n) is 2.98. The fourth-order valence-corrected chi connectivity index (χ4v) is 3.88. The zero-order chi connectivity index (χ0) is 18.0. The Morgan fingerprint density at radius 1 is 1.36 bits per heavy atom. The number of nitrogens with zero attached hydrogens (tertiary/aromatic N) is 3. The Bertz CT molecular complexity index is 910. The number of nitrogens with one attached hydrogen (secondary N) is 2. The molecule has 0 aliphatic heterocycles. The molecular formula is C14H10Cl2FN5OS2. The summed E-state index contributed by atoms with van der Waals surface area (Å²) in [4.78, 5) is 24.9. The third-order valence-corrected chi connectivity index (χ3v) is 5.35. The summed E-state index contributed by atoms with van der Waals surface area (Å²) in [5.41, 5.74) is 0.637. The quantitative estimate of drug-likeness (QED) is 0.566. The van der Waals surface area contributed by atoms with Gasteiger partial charge in [-0.1, -0.05) is 34.5 Å². The number of aromatic nitrogens is 3. The molecule has 130 valence electrons. The zero-order valence-electron chi connectivity index (χ0n) is 12.6. The summed E-state index contributed by atoms with van der Waals surface area (Å²) < 4.78 is 13.2. The highest BCUT2D eigenvalue weighted by molar-refractivity contribution is 7.17. The molecule has 1 amide bonds. The molecule has 0 atom stereocenters. The Morgan fingerprint density at radius 2 is 2.16 bits per heavy atom. The second-order valence-electron chi connectivity index (χ2n) is 4.78. The number of anilines is 3. The number of aryl methyl sites for hydroxylation is 1. The van der Waals surface area contributed by atoms with Crippen molar-refractivity contribution >= 4 is 68.4 Å². The van der Waals surface area contributed by atoms with Crippen molar-refractivity contribution in [1.82, 2.24) is 15.0 Å². The van der Waals surface area contributed by atoms with Crippen LogP contribution in [0.2, 0.25) is 9.49 Å². The first kappa shape index (κ1) is 18.0.